The second-order valence-corrected chi connectivity index (χ2v) is 5.96. The number of alkyl halides is 2. The normalized spacial score (nSPS) is 31.5. The molecular weight excluding hydrogens is 302 g/mol. The number of rotatable bonds is 5. The molecule has 2 aliphatic rings. The Balaban J connectivity index is 0.00000220. The van der Waals surface area contributed by atoms with E-state index < -0.39 is 24.9 Å². The van der Waals surface area contributed by atoms with Crippen molar-refractivity contribution < 1.29 is 18.3 Å². The molecule has 1 heterocycles. The van der Waals surface area contributed by atoms with Gasteiger partial charge in [0, 0.05) is 13.0 Å². The Labute approximate surface area is 130 Å². The highest BCUT2D eigenvalue weighted by atomic mass is 35.5. The predicted octanol–water partition coefficient (Wildman–Crippen LogP) is 2.12. The molecule has 0 aromatic carbocycles. The summed E-state index contributed by atoms with van der Waals surface area (Å²) in [7, 11) is 0. The highest BCUT2D eigenvalue weighted by molar-refractivity contribution is 5.85. The lowest BCUT2D eigenvalue weighted by atomic mass is 9.88. The van der Waals surface area contributed by atoms with Gasteiger partial charge in [-0.2, -0.15) is 0 Å². The molecule has 2 rings (SSSR count). The Morgan fingerprint density at radius 2 is 2.10 bits per heavy atom. The number of carbonyl (C=O) groups is 1. The molecule has 0 bridgehead atoms. The first-order valence-electron chi connectivity index (χ1n) is 7.48. The van der Waals surface area contributed by atoms with Crippen molar-refractivity contribution in [1.29, 1.82) is 0 Å². The minimum Gasteiger partial charge on any atom is -0.376 e. The largest absolute Gasteiger partial charge is 0.376 e. The summed E-state index contributed by atoms with van der Waals surface area (Å²) in [5.74, 6) is -2.56. The van der Waals surface area contributed by atoms with Crippen LogP contribution in [0.3, 0.4) is 0 Å². The van der Waals surface area contributed by atoms with Gasteiger partial charge in [0.2, 0.25) is 5.91 Å². The fraction of sp³-hybridized carbons (Fsp3) is 0.929. The number of hydrogen-bond donors (Lipinski definition) is 2. The third-order valence-corrected chi connectivity index (χ3v) is 4.19. The topological polar surface area (TPSA) is 50.4 Å². The molecule has 1 saturated heterocycles. The van der Waals surface area contributed by atoms with Gasteiger partial charge in [0.1, 0.15) is 0 Å². The van der Waals surface area contributed by atoms with Crippen LogP contribution in [-0.4, -0.2) is 43.7 Å². The summed E-state index contributed by atoms with van der Waals surface area (Å²) in [5, 5.41) is 5.20. The lowest BCUT2D eigenvalue weighted by molar-refractivity contribution is -0.123. The van der Waals surface area contributed by atoms with E-state index in [9.17, 15) is 13.6 Å². The van der Waals surface area contributed by atoms with E-state index >= 15 is 0 Å². The molecule has 0 aromatic heterocycles. The zero-order valence-corrected chi connectivity index (χ0v) is 13.2. The summed E-state index contributed by atoms with van der Waals surface area (Å²) in [6.07, 6.45) is 4.58. The summed E-state index contributed by atoms with van der Waals surface area (Å²) in [6, 6.07) is -0.779. The lowest BCUT2D eigenvalue weighted by Crippen LogP contribution is -2.42. The van der Waals surface area contributed by atoms with Crippen LogP contribution in [0.15, 0.2) is 0 Å². The van der Waals surface area contributed by atoms with Gasteiger partial charge in [-0.05, 0) is 18.8 Å². The van der Waals surface area contributed by atoms with Crippen LogP contribution in [0.2, 0.25) is 0 Å². The molecule has 1 aliphatic carbocycles. The van der Waals surface area contributed by atoms with Crippen LogP contribution in [0.1, 0.15) is 39.0 Å². The van der Waals surface area contributed by atoms with Gasteiger partial charge in [-0.25, -0.2) is 8.78 Å². The Bertz CT molecular complexity index is 345. The third kappa shape index (κ3) is 5.68. The summed E-state index contributed by atoms with van der Waals surface area (Å²) in [4.78, 5) is 11.7. The maximum absolute atomic E-state index is 13.0. The van der Waals surface area contributed by atoms with Crippen LogP contribution >= 0.6 is 12.4 Å². The standard InChI is InChI=1S/C14H24F2N2O2.ClH/c1-10-4-2-3-5-12(10)20-7-6-17-13(19)11-8-14(15,16)9-18-11;/h10-12,18H,2-9H2,1H3,(H,17,19);1H. The van der Waals surface area contributed by atoms with Gasteiger partial charge in [-0.15, -0.1) is 12.4 Å². The van der Waals surface area contributed by atoms with E-state index in [4.69, 9.17) is 4.74 Å². The van der Waals surface area contributed by atoms with Crippen LogP contribution in [0.4, 0.5) is 8.78 Å². The van der Waals surface area contributed by atoms with Gasteiger partial charge in [0.25, 0.3) is 5.92 Å². The number of halogens is 3. The first kappa shape index (κ1) is 18.6. The fourth-order valence-corrected chi connectivity index (χ4v) is 2.94. The molecule has 124 valence electrons. The highest BCUT2D eigenvalue weighted by Gasteiger charge is 2.42. The SMILES string of the molecule is CC1CCCCC1OCCNC(=O)C1CC(F)(F)CN1.Cl. The number of amides is 1. The van der Waals surface area contributed by atoms with E-state index in [2.05, 4.69) is 17.6 Å². The van der Waals surface area contributed by atoms with E-state index in [1.807, 2.05) is 0 Å². The molecule has 0 radical (unpaired) electrons. The molecular formula is C14H25ClF2N2O2. The van der Waals surface area contributed by atoms with Crippen molar-refractivity contribution in [3.05, 3.63) is 0 Å². The van der Waals surface area contributed by atoms with Gasteiger partial charge >= 0.3 is 0 Å². The molecule has 21 heavy (non-hydrogen) atoms. The summed E-state index contributed by atoms with van der Waals surface area (Å²) < 4.78 is 31.7. The maximum atomic E-state index is 13.0. The van der Waals surface area contributed by atoms with E-state index in [0.717, 1.165) is 6.42 Å². The minimum atomic E-state index is -2.77. The molecule has 1 aliphatic heterocycles. The van der Waals surface area contributed by atoms with Gasteiger partial charge in [0.15, 0.2) is 0 Å². The van der Waals surface area contributed by atoms with Crippen molar-refractivity contribution in [2.75, 3.05) is 19.7 Å². The Kier molecular flexibility index (Phi) is 7.30. The molecule has 4 nitrogen and oxygen atoms in total. The van der Waals surface area contributed by atoms with Crippen LogP contribution in [0, 0.1) is 5.92 Å². The number of carbonyl (C=O) groups excluding carboxylic acids is 1. The minimum absolute atomic E-state index is 0. The van der Waals surface area contributed by atoms with Crippen molar-refractivity contribution >= 4 is 18.3 Å². The monoisotopic (exact) mass is 326 g/mol. The molecule has 1 saturated carbocycles. The second kappa shape index (κ2) is 8.25. The van der Waals surface area contributed by atoms with Crippen LogP contribution in [-0.2, 0) is 9.53 Å². The highest BCUT2D eigenvalue weighted by Crippen LogP contribution is 2.26. The number of nitrogens with one attached hydrogen (secondary N) is 2. The van der Waals surface area contributed by atoms with Crippen LogP contribution < -0.4 is 10.6 Å². The van der Waals surface area contributed by atoms with Crippen molar-refractivity contribution in [2.45, 2.75) is 57.1 Å². The zero-order chi connectivity index (χ0) is 14.6. The summed E-state index contributed by atoms with van der Waals surface area (Å²) >= 11 is 0. The molecule has 0 aromatic rings. The van der Waals surface area contributed by atoms with Crippen molar-refractivity contribution in [1.82, 2.24) is 10.6 Å². The van der Waals surface area contributed by atoms with Crippen molar-refractivity contribution in [3.63, 3.8) is 0 Å². The zero-order valence-electron chi connectivity index (χ0n) is 12.4. The quantitative estimate of drug-likeness (QED) is 0.761. The van der Waals surface area contributed by atoms with Gasteiger partial charge in [0.05, 0.1) is 25.3 Å². The van der Waals surface area contributed by atoms with E-state index in [1.54, 1.807) is 0 Å². The molecule has 3 atom stereocenters. The van der Waals surface area contributed by atoms with E-state index in [1.165, 1.54) is 19.3 Å². The molecule has 3 unspecified atom stereocenters. The molecule has 1 amide bonds. The third-order valence-electron chi connectivity index (χ3n) is 4.19. The first-order valence-corrected chi connectivity index (χ1v) is 7.48. The van der Waals surface area contributed by atoms with E-state index in [0.29, 0.717) is 19.1 Å². The summed E-state index contributed by atoms with van der Waals surface area (Å²) in [6.45, 7) is 2.60. The number of ether oxygens (including phenoxy) is 1. The summed E-state index contributed by atoms with van der Waals surface area (Å²) in [5.41, 5.74) is 0. The average molecular weight is 327 g/mol. The average Bonchev–Trinajstić information content (AvgIpc) is 2.77. The number of hydrogen-bond acceptors (Lipinski definition) is 3. The van der Waals surface area contributed by atoms with Crippen molar-refractivity contribution in [3.8, 4) is 0 Å². The molecule has 2 fully saturated rings. The first-order chi connectivity index (χ1) is 9.48. The van der Waals surface area contributed by atoms with Gasteiger partial charge in [-0.1, -0.05) is 19.8 Å². The van der Waals surface area contributed by atoms with Crippen LogP contribution in [0.5, 0.6) is 0 Å². The Hall–Kier alpha value is -0.460. The van der Waals surface area contributed by atoms with E-state index in [-0.39, 0.29) is 24.4 Å². The molecule has 2 N–H and O–H groups in total. The lowest BCUT2D eigenvalue weighted by Gasteiger charge is -2.28. The Morgan fingerprint density at radius 3 is 2.71 bits per heavy atom. The smallest absolute Gasteiger partial charge is 0.262 e. The molecule has 7 heteroatoms. The second-order valence-electron chi connectivity index (χ2n) is 5.96. The fourth-order valence-electron chi connectivity index (χ4n) is 2.94. The van der Waals surface area contributed by atoms with Gasteiger partial charge in [-0.3, -0.25) is 10.1 Å². The maximum Gasteiger partial charge on any atom is 0.262 e. The molecule has 0 spiro atoms. The van der Waals surface area contributed by atoms with Crippen LogP contribution in [0.25, 0.3) is 0 Å². The van der Waals surface area contributed by atoms with Gasteiger partial charge < -0.3 is 10.1 Å². The predicted molar refractivity (Wildman–Crippen MR) is 79.0 cm³/mol. The Morgan fingerprint density at radius 1 is 1.38 bits per heavy atom. The van der Waals surface area contributed by atoms with Crippen molar-refractivity contribution in [2.24, 2.45) is 5.92 Å².